The first-order valence-electron chi connectivity index (χ1n) is 6.23. The number of esters is 1. The molecule has 1 heterocycles. The van der Waals surface area contributed by atoms with Crippen molar-refractivity contribution in [1.82, 2.24) is 10.6 Å². The van der Waals surface area contributed by atoms with Gasteiger partial charge in [-0.2, -0.15) is 0 Å². The summed E-state index contributed by atoms with van der Waals surface area (Å²) in [7, 11) is 0. The van der Waals surface area contributed by atoms with Crippen LogP contribution in [0, 0.1) is 0 Å². The fourth-order valence-electron chi connectivity index (χ4n) is 2.09. The Balaban J connectivity index is 2.92. The highest BCUT2D eigenvalue weighted by Crippen LogP contribution is 2.24. The van der Waals surface area contributed by atoms with Crippen molar-refractivity contribution in [3.63, 3.8) is 0 Å². The molecule has 1 saturated heterocycles. The number of hydrogen-bond donors (Lipinski definition) is 2. The maximum atomic E-state index is 14.5. The SMILES string of the molecule is CC(=O)N[C@@H]1[C@H](F)[C@@H](NC(C)=O)C(OC(C)=O)O[C@@H]1C. The molecule has 0 aromatic carbocycles. The van der Waals surface area contributed by atoms with Gasteiger partial charge in [-0.3, -0.25) is 14.4 Å². The van der Waals surface area contributed by atoms with Gasteiger partial charge in [0.1, 0.15) is 12.2 Å². The Morgan fingerprint density at radius 3 is 2.00 bits per heavy atom. The number of amides is 2. The summed E-state index contributed by atoms with van der Waals surface area (Å²) < 4.78 is 24.7. The fraction of sp³-hybridized carbons (Fsp3) is 0.750. The van der Waals surface area contributed by atoms with Gasteiger partial charge in [0.25, 0.3) is 0 Å². The summed E-state index contributed by atoms with van der Waals surface area (Å²) in [4.78, 5) is 33.2. The van der Waals surface area contributed by atoms with E-state index in [-0.39, 0.29) is 0 Å². The minimum absolute atomic E-state index is 0.416. The highest BCUT2D eigenvalue weighted by atomic mass is 19.1. The fourth-order valence-corrected chi connectivity index (χ4v) is 2.09. The largest absolute Gasteiger partial charge is 0.434 e. The highest BCUT2D eigenvalue weighted by molar-refractivity contribution is 5.74. The molecule has 5 atom stereocenters. The molecule has 0 radical (unpaired) electrons. The van der Waals surface area contributed by atoms with Crippen LogP contribution in [0.3, 0.4) is 0 Å². The van der Waals surface area contributed by atoms with E-state index in [0.717, 1.165) is 6.92 Å². The predicted octanol–water partition coefficient (Wildman–Crippen LogP) is -0.358. The Morgan fingerprint density at radius 1 is 1.05 bits per heavy atom. The van der Waals surface area contributed by atoms with Crippen molar-refractivity contribution in [2.45, 2.75) is 58.3 Å². The summed E-state index contributed by atoms with van der Waals surface area (Å²) in [5, 5.41) is 4.77. The number of halogens is 1. The van der Waals surface area contributed by atoms with Crippen LogP contribution < -0.4 is 10.6 Å². The lowest BCUT2D eigenvalue weighted by molar-refractivity contribution is -0.224. The number of ether oxygens (including phenoxy) is 2. The molecule has 7 nitrogen and oxygen atoms in total. The molecule has 1 fully saturated rings. The van der Waals surface area contributed by atoms with Crippen molar-refractivity contribution in [3.05, 3.63) is 0 Å². The van der Waals surface area contributed by atoms with Crippen LogP contribution in [-0.4, -0.2) is 48.4 Å². The Hall–Kier alpha value is -1.70. The van der Waals surface area contributed by atoms with E-state index in [4.69, 9.17) is 9.47 Å². The van der Waals surface area contributed by atoms with Crippen LogP contribution in [0.15, 0.2) is 0 Å². The number of hydrogen-bond acceptors (Lipinski definition) is 5. The number of carbonyl (C=O) groups excluding carboxylic acids is 3. The summed E-state index contributed by atoms with van der Waals surface area (Å²) >= 11 is 0. The summed E-state index contributed by atoms with van der Waals surface area (Å²) in [6, 6.07) is -2.11. The Bertz CT molecular complexity index is 403. The summed E-state index contributed by atoms with van der Waals surface area (Å²) in [5.74, 6) is -1.56. The molecule has 0 aromatic rings. The van der Waals surface area contributed by atoms with E-state index in [2.05, 4.69) is 10.6 Å². The van der Waals surface area contributed by atoms with E-state index in [1.807, 2.05) is 0 Å². The lowest BCUT2D eigenvalue weighted by Gasteiger charge is -2.42. The van der Waals surface area contributed by atoms with Crippen molar-refractivity contribution in [3.8, 4) is 0 Å². The normalized spacial score (nSPS) is 33.1. The topological polar surface area (TPSA) is 93.7 Å². The van der Waals surface area contributed by atoms with E-state index < -0.39 is 48.4 Å². The third-order valence-corrected chi connectivity index (χ3v) is 2.86. The molecular weight excluding hydrogens is 271 g/mol. The van der Waals surface area contributed by atoms with Crippen molar-refractivity contribution >= 4 is 17.8 Å². The van der Waals surface area contributed by atoms with E-state index >= 15 is 0 Å². The van der Waals surface area contributed by atoms with Crippen molar-refractivity contribution in [2.75, 3.05) is 0 Å². The molecular formula is C12H19FN2O5. The van der Waals surface area contributed by atoms with Gasteiger partial charge in [0, 0.05) is 20.8 Å². The van der Waals surface area contributed by atoms with Crippen LogP contribution in [0.1, 0.15) is 27.7 Å². The van der Waals surface area contributed by atoms with Crippen molar-refractivity contribution < 1.29 is 28.2 Å². The average molecular weight is 290 g/mol. The quantitative estimate of drug-likeness (QED) is 0.692. The number of nitrogens with one attached hydrogen (secondary N) is 2. The first kappa shape index (κ1) is 16.4. The van der Waals surface area contributed by atoms with E-state index in [1.54, 1.807) is 6.92 Å². The molecule has 1 aliphatic heterocycles. The summed E-state index contributed by atoms with van der Waals surface area (Å²) in [6.07, 6.45) is -3.58. The predicted molar refractivity (Wildman–Crippen MR) is 66.2 cm³/mol. The standard InChI is InChI=1S/C12H19FN2O5/c1-5-10(14-6(2)16)9(13)11(15-7(3)17)12(19-5)20-8(4)18/h5,9-12H,1-4H3,(H,14,16)(H,15,17)/t5-,9+,10+,11-,12?/m1/s1. The minimum Gasteiger partial charge on any atom is -0.434 e. The van der Waals surface area contributed by atoms with Gasteiger partial charge in [-0.1, -0.05) is 0 Å². The zero-order valence-electron chi connectivity index (χ0n) is 11.8. The van der Waals surface area contributed by atoms with Gasteiger partial charge in [-0.25, -0.2) is 4.39 Å². The zero-order chi connectivity index (χ0) is 15.4. The average Bonchev–Trinajstić information content (AvgIpc) is 2.28. The maximum absolute atomic E-state index is 14.5. The second-order valence-corrected chi connectivity index (χ2v) is 4.72. The van der Waals surface area contributed by atoms with Crippen LogP contribution in [0.25, 0.3) is 0 Å². The van der Waals surface area contributed by atoms with E-state index in [9.17, 15) is 18.8 Å². The molecule has 1 aliphatic rings. The lowest BCUT2D eigenvalue weighted by Crippen LogP contribution is -2.66. The molecule has 8 heteroatoms. The maximum Gasteiger partial charge on any atom is 0.305 e. The van der Waals surface area contributed by atoms with Crippen molar-refractivity contribution in [1.29, 1.82) is 0 Å². The molecule has 1 unspecified atom stereocenters. The first-order valence-corrected chi connectivity index (χ1v) is 6.23. The van der Waals surface area contributed by atoms with Crippen LogP contribution in [0.2, 0.25) is 0 Å². The summed E-state index contributed by atoms with van der Waals surface area (Å²) in [5.41, 5.74) is 0. The smallest absolute Gasteiger partial charge is 0.305 e. The molecule has 20 heavy (non-hydrogen) atoms. The molecule has 1 rings (SSSR count). The second kappa shape index (κ2) is 6.65. The number of rotatable bonds is 3. The Kier molecular flexibility index (Phi) is 5.43. The van der Waals surface area contributed by atoms with Crippen molar-refractivity contribution in [2.24, 2.45) is 0 Å². The second-order valence-electron chi connectivity index (χ2n) is 4.72. The molecule has 0 saturated carbocycles. The Labute approximate surface area is 116 Å². The first-order chi connectivity index (χ1) is 9.22. The van der Waals surface area contributed by atoms with E-state index in [0.29, 0.717) is 0 Å². The summed E-state index contributed by atoms with van der Waals surface area (Å²) in [6.45, 7) is 5.17. The van der Waals surface area contributed by atoms with Gasteiger partial charge in [-0.15, -0.1) is 0 Å². The molecule has 0 aromatic heterocycles. The van der Waals surface area contributed by atoms with Crippen LogP contribution in [0.5, 0.6) is 0 Å². The van der Waals surface area contributed by atoms with Crippen LogP contribution in [0.4, 0.5) is 4.39 Å². The number of alkyl halides is 1. The van der Waals surface area contributed by atoms with E-state index in [1.165, 1.54) is 13.8 Å². The van der Waals surface area contributed by atoms with Gasteiger partial charge in [0.15, 0.2) is 0 Å². The highest BCUT2D eigenvalue weighted by Gasteiger charge is 2.47. The third-order valence-electron chi connectivity index (χ3n) is 2.86. The monoisotopic (exact) mass is 290 g/mol. The van der Waals surface area contributed by atoms with Gasteiger partial charge in [0.2, 0.25) is 18.1 Å². The van der Waals surface area contributed by atoms with Gasteiger partial charge >= 0.3 is 5.97 Å². The van der Waals surface area contributed by atoms with Crippen LogP contribution in [-0.2, 0) is 23.9 Å². The minimum atomic E-state index is -1.64. The van der Waals surface area contributed by atoms with Gasteiger partial charge in [-0.05, 0) is 6.92 Å². The lowest BCUT2D eigenvalue weighted by atomic mass is 9.96. The van der Waals surface area contributed by atoms with Crippen LogP contribution >= 0.6 is 0 Å². The molecule has 114 valence electrons. The number of carbonyl (C=O) groups is 3. The molecule has 0 bridgehead atoms. The third kappa shape index (κ3) is 4.16. The molecule has 0 aliphatic carbocycles. The zero-order valence-corrected chi connectivity index (χ0v) is 11.8. The van der Waals surface area contributed by atoms with Gasteiger partial charge in [0.05, 0.1) is 12.1 Å². The molecule has 0 spiro atoms. The Morgan fingerprint density at radius 2 is 1.55 bits per heavy atom. The van der Waals surface area contributed by atoms with Gasteiger partial charge < -0.3 is 20.1 Å². The molecule has 2 amide bonds. The molecule has 2 N–H and O–H groups in total.